The number of carbonyl (C=O) groups is 2. The van der Waals surface area contributed by atoms with Crippen LogP contribution in [0.5, 0.6) is 0 Å². The summed E-state index contributed by atoms with van der Waals surface area (Å²) in [6.45, 7) is 5.37. The summed E-state index contributed by atoms with van der Waals surface area (Å²) in [6.07, 6.45) is 1.58. The first kappa shape index (κ1) is 13.9. The summed E-state index contributed by atoms with van der Waals surface area (Å²) in [6, 6.07) is -0.269. The number of carbonyl (C=O) groups excluding carboxylic acids is 2. The molecule has 2 atom stereocenters. The molecule has 0 aliphatic heterocycles. The SMILES string of the molecule is CCCC(C)(N)C(=O)NC(C)CC(N)=O. The molecule has 0 radical (unpaired) electrons. The molecule has 0 saturated heterocycles. The average Bonchev–Trinajstić information content (AvgIpc) is 2.01. The molecule has 88 valence electrons. The topological polar surface area (TPSA) is 98.2 Å². The summed E-state index contributed by atoms with van der Waals surface area (Å²) in [5.74, 6) is -0.671. The number of primary amides is 1. The number of hydrogen-bond acceptors (Lipinski definition) is 3. The Balaban J connectivity index is 4.17. The fourth-order valence-corrected chi connectivity index (χ4v) is 1.37. The molecule has 0 spiro atoms. The smallest absolute Gasteiger partial charge is 0.240 e. The molecule has 0 aromatic rings. The van der Waals surface area contributed by atoms with Gasteiger partial charge >= 0.3 is 0 Å². The molecule has 5 heteroatoms. The summed E-state index contributed by atoms with van der Waals surface area (Å²) in [5.41, 5.74) is 9.96. The molecule has 5 N–H and O–H groups in total. The zero-order valence-corrected chi connectivity index (χ0v) is 9.67. The standard InChI is InChI=1S/C10H21N3O2/c1-4-5-10(3,12)9(15)13-7(2)6-8(11)14/h7H,4-6,12H2,1-3H3,(H2,11,14)(H,13,15). The fourth-order valence-electron chi connectivity index (χ4n) is 1.37. The Hall–Kier alpha value is -1.10. The molecule has 0 bridgehead atoms. The Kier molecular flexibility index (Phi) is 5.28. The van der Waals surface area contributed by atoms with E-state index in [-0.39, 0.29) is 18.4 Å². The van der Waals surface area contributed by atoms with E-state index in [2.05, 4.69) is 5.32 Å². The lowest BCUT2D eigenvalue weighted by atomic mass is 9.96. The summed E-state index contributed by atoms with van der Waals surface area (Å²) in [4.78, 5) is 22.3. The first-order valence-electron chi connectivity index (χ1n) is 5.17. The number of nitrogens with two attached hydrogens (primary N) is 2. The second-order valence-electron chi connectivity index (χ2n) is 4.21. The van der Waals surface area contributed by atoms with Crippen LogP contribution in [-0.4, -0.2) is 23.4 Å². The molecular formula is C10H21N3O2. The fraction of sp³-hybridized carbons (Fsp3) is 0.800. The van der Waals surface area contributed by atoms with Crippen LogP contribution in [0.2, 0.25) is 0 Å². The predicted octanol–water partition coefficient (Wildman–Crippen LogP) is -0.116. The van der Waals surface area contributed by atoms with Gasteiger partial charge in [0.1, 0.15) is 0 Å². The molecule has 0 rings (SSSR count). The molecule has 15 heavy (non-hydrogen) atoms. The molecule has 0 saturated carbocycles. The Labute approximate surface area is 90.6 Å². The first-order chi connectivity index (χ1) is 6.79. The molecule has 2 amide bonds. The minimum atomic E-state index is -0.874. The number of nitrogens with one attached hydrogen (secondary N) is 1. The Morgan fingerprint density at radius 3 is 2.40 bits per heavy atom. The van der Waals surface area contributed by atoms with Gasteiger partial charge in [-0.15, -0.1) is 0 Å². The van der Waals surface area contributed by atoms with Crippen LogP contribution in [0, 0.1) is 0 Å². The van der Waals surface area contributed by atoms with Crippen LogP contribution < -0.4 is 16.8 Å². The summed E-state index contributed by atoms with van der Waals surface area (Å²) >= 11 is 0. The maximum Gasteiger partial charge on any atom is 0.240 e. The van der Waals surface area contributed by atoms with Crippen molar-refractivity contribution < 1.29 is 9.59 Å². The van der Waals surface area contributed by atoms with Gasteiger partial charge in [-0.25, -0.2) is 0 Å². The van der Waals surface area contributed by atoms with Gasteiger partial charge in [-0.1, -0.05) is 13.3 Å². The Morgan fingerprint density at radius 2 is 2.00 bits per heavy atom. The highest BCUT2D eigenvalue weighted by Gasteiger charge is 2.28. The summed E-state index contributed by atoms with van der Waals surface area (Å²) in [5, 5.41) is 2.67. The largest absolute Gasteiger partial charge is 0.370 e. The summed E-state index contributed by atoms with van der Waals surface area (Å²) < 4.78 is 0. The van der Waals surface area contributed by atoms with Crippen molar-refractivity contribution in [2.45, 2.75) is 51.6 Å². The van der Waals surface area contributed by atoms with E-state index < -0.39 is 11.4 Å². The lowest BCUT2D eigenvalue weighted by Gasteiger charge is -2.25. The second kappa shape index (κ2) is 5.70. The lowest BCUT2D eigenvalue weighted by molar-refractivity contribution is -0.127. The van der Waals surface area contributed by atoms with Crippen molar-refractivity contribution in [1.29, 1.82) is 0 Å². The monoisotopic (exact) mass is 215 g/mol. The van der Waals surface area contributed by atoms with Crippen LogP contribution in [0.1, 0.15) is 40.0 Å². The van der Waals surface area contributed by atoms with E-state index in [1.54, 1.807) is 13.8 Å². The van der Waals surface area contributed by atoms with Crippen LogP contribution in [0.25, 0.3) is 0 Å². The highest BCUT2D eigenvalue weighted by Crippen LogP contribution is 2.09. The quantitative estimate of drug-likeness (QED) is 0.576. The van der Waals surface area contributed by atoms with Crippen molar-refractivity contribution in [1.82, 2.24) is 5.32 Å². The van der Waals surface area contributed by atoms with Crippen molar-refractivity contribution >= 4 is 11.8 Å². The predicted molar refractivity (Wildman–Crippen MR) is 58.9 cm³/mol. The molecule has 0 aliphatic rings. The number of hydrogen-bond donors (Lipinski definition) is 3. The van der Waals surface area contributed by atoms with Crippen molar-refractivity contribution in [2.24, 2.45) is 11.5 Å². The molecule has 0 fully saturated rings. The Morgan fingerprint density at radius 1 is 1.47 bits per heavy atom. The third-order valence-electron chi connectivity index (χ3n) is 2.17. The van der Waals surface area contributed by atoms with E-state index in [0.29, 0.717) is 6.42 Å². The van der Waals surface area contributed by atoms with Crippen LogP contribution in [-0.2, 0) is 9.59 Å². The molecule has 5 nitrogen and oxygen atoms in total. The molecule has 0 aliphatic carbocycles. The molecule has 0 heterocycles. The maximum absolute atomic E-state index is 11.7. The van der Waals surface area contributed by atoms with Crippen molar-refractivity contribution in [3.05, 3.63) is 0 Å². The highest BCUT2D eigenvalue weighted by atomic mass is 16.2. The van der Waals surface area contributed by atoms with E-state index in [1.165, 1.54) is 0 Å². The van der Waals surface area contributed by atoms with Crippen molar-refractivity contribution in [3.63, 3.8) is 0 Å². The summed E-state index contributed by atoms with van der Waals surface area (Å²) in [7, 11) is 0. The van der Waals surface area contributed by atoms with E-state index in [1.807, 2.05) is 6.92 Å². The molecule has 0 aromatic carbocycles. The molecule has 2 unspecified atom stereocenters. The van der Waals surface area contributed by atoms with Gasteiger partial charge in [0.25, 0.3) is 0 Å². The van der Waals surface area contributed by atoms with Crippen LogP contribution >= 0.6 is 0 Å². The maximum atomic E-state index is 11.7. The zero-order chi connectivity index (χ0) is 12.1. The van der Waals surface area contributed by atoms with Gasteiger partial charge in [0.2, 0.25) is 11.8 Å². The van der Waals surface area contributed by atoms with E-state index >= 15 is 0 Å². The van der Waals surface area contributed by atoms with Gasteiger partial charge in [0.05, 0.1) is 5.54 Å². The average molecular weight is 215 g/mol. The first-order valence-corrected chi connectivity index (χ1v) is 5.17. The third kappa shape index (κ3) is 5.37. The van der Waals surface area contributed by atoms with E-state index in [4.69, 9.17) is 11.5 Å². The van der Waals surface area contributed by atoms with Gasteiger partial charge in [-0.3, -0.25) is 9.59 Å². The zero-order valence-electron chi connectivity index (χ0n) is 9.67. The van der Waals surface area contributed by atoms with Crippen LogP contribution in [0.15, 0.2) is 0 Å². The third-order valence-corrected chi connectivity index (χ3v) is 2.17. The second-order valence-corrected chi connectivity index (χ2v) is 4.21. The molecular weight excluding hydrogens is 194 g/mol. The van der Waals surface area contributed by atoms with Gasteiger partial charge in [-0.05, 0) is 20.3 Å². The highest BCUT2D eigenvalue weighted by molar-refractivity contribution is 5.86. The number of amides is 2. The van der Waals surface area contributed by atoms with Gasteiger partial charge < -0.3 is 16.8 Å². The minimum Gasteiger partial charge on any atom is -0.370 e. The van der Waals surface area contributed by atoms with Gasteiger partial charge in [0.15, 0.2) is 0 Å². The Bertz CT molecular complexity index is 239. The van der Waals surface area contributed by atoms with Crippen molar-refractivity contribution in [2.75, 3.05) is 0 Å². The van der Waals surface area contributed by atoms with E-state index in [0.717, 1.165) is 6.42 Å². The number of rotatable bonds is 6. The lowest BCUT2D eigenvalue weighted by Crippen LogP contribution is -2.54. The van der Waals surface area contributed by atoms with Gasteiger partial charge in [0, 0.05) is 12.5 Å². The normalized spacial score (nSPS) is 16.5. The van der Waals surface area contributed by atoms with Crippen LogP contribution in [0.4, 0.5) is 0 Å². The minimum absolute atomic E-state index is 0.133. The van der Waals surface area contributed by atoms with E-state index in [9.17, 15) is 9.59 Å². The van der Waals surface area contributed by atoms with Crippen molar-refractivity contribution in [3.8, 4) is 0 Å². The van der Waals surface area contributed by atoms with Gasteiger partial charge in [-0.2, -0.15) is 0 Å². The molecule has 0 aromatic heterocycles. The van der Waals surface area contributed by atoms with Crippen LogP contribution in [0.3, 0.4) is 0 Å².